The van der Waals surface area contributed by atoms with Crippen molar-refractivity contribution in [3.05, 3.63) is 47.5 Å². The summed E-state index contributed by atoms with van der Waals surface area (Å²) in [5.41, 5.74) is 1.91. The van der Waals surface area contributed by atoms with E-state index in [1.165, 1.54) is 16.3 Å². The average molecular weight is 240 g/mol. The van der Waals surface area contributed by atoms with Crippen molar-refractivity contribution in [2.75, 3.05) is 0 Å². The molecule has 0 aliphatic heterocycles. The van der Waals surface area contributed by atoms with Crippen LogP contribution in [-0.2, 0) is 11.2 Å². The number of hydrogen-bond acceptors (Lipinski definition) is 1. The van der Waals surface area contributed by atoms with E-state index in [0.29, 0.717) is 6.42 Å². The molecule has 0 saturated heterocycles. The Morgan fingerprint density at radius 1 is 1.17 bits per heavy atom. The van der Waals surface area contributed by atoms with Crippen LogP contribution in [0.3, 0.4) is 0 Å². The minimum absolute atomic E-state index is 0.474. The first kappa shape index (κ1) is 11.3. The molecule has 1 aliphatic rings. The summed E-state index contributed by atoms with van der Waals surface area (Å²) < 4.78 is 0. The third-order valence-corrected chi connectivity index (χ3v) is 3.91. The molecule has 92 valence electrons. The van der Waals surface area contributed by atoms with Crippen LogP contribution in [-0.4, -0.2) is 11.1 Å². The predicted octanol–water partition coefficient (Wildman–Crippen LogP) is 3.56. The maximum atomic E-state index is 11.2. The summed E-state index contributed by atoms with van der Waals surface area (Å²) >= 11 is 0. The van der Waals surface area contributed by atoms with Crippen molar-refractivity contribution in [3.63, 3.8) is 0 Å². The topological polar surface area (TPSA) is 37.3 Å². The van der Waals surface area contributed by atoms with Gasteiger partial charge in [0.15, 0.2) is 0 Å². The highest BCUT2D eigenvalue weighted by atomic mass is 16.4. The van der Waals surface area contributed by atoms with Crippen LogP contribution in [0.15, 0.2) is 36.4 Å². The zero-order chi connectivity index (χ0) is 12.8. The van der Waals surface area contributed by atoms with Gasteiger partial charge in [-0.2, -0.15) is 0 Å². The molecule has 2 aromatic carbocycles. The lowest BCUT2D eigenvalue weighted by Gasteiger charge is -2.10. The summed E-state index contributed by atoms with van der Waals surface area (Å²) in [6.07, 6.45) is 2.29. The van der Waals surface area contributed by atoms with Crippen LogP contribution in [0.5, 0.6) is 0 Å². The number of carbonyl (C=O) groups is 1. The molecule has 0 aromatic heterocycles. The van der Waals surface area contributed by atoms with Gasteiger partial charge in [-0.25, -0.2) is 0 Å². The van der Waals surface area contributed by atoms with E-state index in [2.05, 4.69) is 43.3 Å². The molecular formula is C16H16O2. The van der Waals surface area contributed by atoms with Crippen LogP contribution in [0.4, 0.5) is 0 Å². The molecular weight excluding hydrogens is 224 g/mol. The van der Waals surface area contributed by atoms with Gasteiger partial charge in [0.05, 0.1) is 5.41 Å². The summed E-state index contributed by atoms with van der Waals surface area (Å²) in [6, 6.07) is 12.6. The summed E-state index contributed by atoms with van der Waals surface area (Å²) in [4.78, 5) is 11.2. The third kappa shape index (κ3) is 1.88. The molecule has 0 amide bonds. The van der Waals surface area contributed by atoms with Gasteiger partial charge in [-0.05, 0) is 42.5 Å². The van der Waals surface area contributed by atoms with Gasteiger partial charge in [-0.15, -0.1) is 0 Å². The van der Waals surface area contributed by atoms with E-state index in [9.17, 15) is 9.90 Å². The second-order valence-electron chi connectivity index (χ2n) is 5.45. The SMILES string of the molecule is Cc1ccc2cc(CC3(C(=O)O)CC3)ccc2c1. The second-order valence-corrected chi connectivity index (χ2v) is 5.45. The van der Waals surface area contributed by atoms with Gasteiger partial charge >= 0.3 is 5.97 Å². The van der Waals surface area contributed by atoms with Gasteiger partial charge in [0.2, 0.25) is 0 Å². The molecule has 0 radical (unpaired) electrons. The Bertz CT molecular complexity index is 624. The van der Waals surface area contributed by atoms with E-state index in [-0.39, 0.29) is 0 Å². The number of rotatable bonds is 3. The van der Waals surface area contributed by atoms with Gasteiger partial charge < -0.3 is 5.11 Å². The lowest BCUT2D eigenvalue weighted by Crippen LogP contribution is -2.17. The molecule has 3 rings (SSSR count). The third-order valence-electron chi connectivity index (χ3n) is 3.91. The van der Waals surface area contributed by atoms with Crippen molar-refractivity contribution < 1.29 is 9.90 Å². The predicted molar refractivity (Wildman–Crippen MR) is 71.7 cm³/mol. The van der Waals surface area contributed by atoms with E-state index in [4.69, 9.17) is 0 Å². The number of aryl methyl sites for hydroxylation is 1. The molecule has 0 heterocycles. The number of benzene rings is 2. The summed E-state index contributed by atoms with van der Waals surface area (Å²) in [7, 11) is 0. The number of aliphatic carboxylic acids is 1. The molecule has 2 aromatic rings. The Morgan fingerprint density at radius 3 is 2.50 bits per heavy atom. The van der Waals surface area contributed by atoms with Gasteiger partial charge in [-0.1, -0.05) is 42.0 Å². The largest absolute Gasteiger partial charge is 0.481 e. The van der Waals surface area contributed by atoms with Crippen molar-refractivity contribution in [1.29, 1.82) is 0 Å². The molecule has 1 fully saturated rings. The fraction of sp³-hybridized carbons (Fsp3) is 0.312. The number of carboxylic acids is 1. The van der Waals surface area contributed by atoms with Gasteiger partial charge in [0.1, 0.15) is 0 Å². The van der Waals surface area contributed by atoms with Crippen LogP contribution in [0.2, 0.25) is 0 Å². The number of carboxylic acid groups (broad SMARTS) is 1. The first-order chi connectivity index (χ1) is 8.59. The van der Waals surface area contributed by atoms with E-state index < -0.39 is 11.4 Å². The Kier molecular flexibility index (Phi) is 2.40. The van der Waals surface area contributed by atoms with Crippen LogP contribution in [0.25, 0.3) is 10.8 Å². The van der Waals surface area contributed by atoms with Crippen LogP contribution < -0.4 is 0 Å². The molecule has 1 N–H and O–H groups in total. The van der Waals surface area contributed by atoms with Gasteiger partial charge in [0, 0.05) is 0 Å². The van der Waals surface area contributed by atoms with Crippen molar-refractivity contribution in [2.24, 2.45) is 5.41 Å². The standard InChI is InChI=1S/C16H16O2/c1-11-2-4-14-9-12(3-5-13(14)8-11)10-16(6-7-16)15(17)18/h2-5,8-9H,6-7,10H2,1H3,(H,17,18). The van der Waals surface area contributed by atoms with E-state index in [0.717, 1.165) is 18.4 Å². The van der Waals surface area contributed by atoms with Gasteiger partial charge in [0.25, 0.3) is 0 Å². The lowest BCUT2D eigenvalue weighted by atomic mass is 9.94. The quantitative estimate of drug-likeness (QED) is 0.890. The van der Waals surface area contributed by atoms with E-state index in [1.54, 1.807) is 0 Å². The molecule has 0 spiro atoms. The van der Waals surface area contributed by atoms with Crippen molar-refractivity contribution in [2.45, 2.75) is 26.2 Å². The van der Waals surface area contributed by atoms with Crippen LogP contribution >= 0.6 is 0 Å². The van der Waals surface area contributed by atoms with E-state index in [1.807, 2.05) is 0 Å². The highest BCUT2D eigenvalue weighted by Crippen LogP contribution is 2.48. The summed E-state index contributed by atoms with van der Waals surface area (Å²) in [5.74, 6) is -0.647. The van der Waals surface area contributed by atoms with Crippen molar-refractivity contribution in [1.82, 2.24) is 0 Å². The Hall–Kier alpha value is -1.83. The fourth-order valence-electron chi connectivity index (χ4n) is 2.53. The Balaban J connectivity index is 1.94. The maximum absolute atomic E-state index is 11.2. The molecule has 0 unspecified atom stereocenters. The lowest BCUT2D eigenvalue weighted by molar-refractivity contribution is -0.143. The molecule has 0 bridgehead atoms. The Morgan fingerprint density at radius 2 is 1.83 bits per heavy atom. The Labute approximate surface area is 106 Å². The highest BCUT2D eigenvalue weighted by Gasteiger charge is 2.49. The van der Waals surface area contributed by atoms with Crippen LogP contribution in [0, 0.1) is 12.3 Å². The minimum Gasteiger partial charge on any atom is -0.481 e. The van der Waals surface area contributed by atoms with Crippen LogP contribution in [0.1, 0.15) is 24.0 Å². The highest BCUT2D eigenvalue weighted by molar-refractivity contribution is 5.84. The molecule has 2 nitrogen and oxygen atoms in total. The molecule has 1 saturated carbocycles. The minimum atomic E-state index is -0.647. The molecule has 18 heavy (non-hydrogen) atoms. The first-order valence-corrected chi connectivity index (χ1v) is 6.32. The zero-order valence-corrected chi connectivity index (χ0v) is 10.4. The van der Waals surface area contributed by atoms with Crippen molar-refractivity contribution in [3.8, 4) is 0 Å². The number of hydrogen-bond donors (Lipinski definition) is 1. The van der Waals surface area contributed by atoms with Crippen molar-refractivity contribution >= 4 is 16.7 Å². The average Bonchev–Trinajstić information content (AvgIpc) is 3.10. The second kappa shape index (κ2) is 3.84. The molecule has 1 aliphatic carbocycles. The summed E-state index contributed by atoms with van der Waals surface area (Å²) in [6.45, 7) is 2.08. The number of fused-ring (bicyclic) bond motifs is 1. The zero-order valence-electron chi connectivity index (χ0n) is 10.4. The first-order valence-electron chi connectivity index (χ1n) is 6.32. The normalized spacial score (nSPS) is 16.7. The molecule has 2 heteroatoms. The smallest absolute Gasteiger partial charge is 0.309 e. The molecule has 0 atom stereocenters. The van der Waals surface area contributed by atoms with E-state index >= 15 is 0 Å². The van der Waals surface area contributed by atoms with Gasteiger partial charge in [-0.3, -0.25) is 4.79 Å². The maximum Gasteiger partial charge on any atom is 0.309 e. The monoisotopic (exact) mass is 240 g/mol. The summed E-state index contributed by atoms with van der Waals surface area (Å²) in [5, 5.41) is 11.6. The fourth-order valence-corrected chi connectivity index (χ4v) is 2.53.